The number of aromatic amines is 1. The molecule has 2 aromatic heterocycles. The van der Waals surface area contributed by atoms with Crippen LogP contribution in [-0.2, 0) is 6.42 Å². The number of halogens is 2. The maximum Gasteiger partial charge on any atom is 0.126 e. The molecule has 0 amide bonds. The number of nitrogens with zero attached hydrogens (tertiary/aromatic N) is 2. The van der Waals surface area contributed by atoms with Gasteiger partial charge in [0.05, 0.1) is 11.2 Å². The topological polar surface area (TPSA) is 41.6 Å². The summed E-state index contributed by atoms with van der Waals surface area (Å²) in [4.78, 5) is 4.08. The predicted molar refractivity (Wildman–Crippen MR) is 98.4 cm³/mol. The second kappa shape index (κ2) is 6.88. The van der Waals surface area contributed by atoms with Gasteiger partial charge >= 0.3 is 0 Å². The van der Waals surface area contributed by atoms with Gasteiger partial charge in [0, 0.05) is 23.8 Å². The highest BCUT2D eigenvalue weighted by Gasteiger charge is 2.07. The van der Waals surface area contributed by atoms with Crippen LogP contribution in [0, 0.1) is 11.6 Å². The Morgan fingerprint density at radius 1 is 0.923 bits per heavy atom. The molecule has 0 aliphatic rings. The Kier molecular flexibility index (Phi) is 4.27. The second-order valence-electron chi connectivity index (χ2n) is 6.06. The van der Waals surface area contributed by atoms with E-state index in [1.807, 2.05) is 42.5 Å². The molecule has 4 aromatic rings. The summed E-state index contributed by atoms with van der Waals surface area (Å²) in [6, 6.07) is 13.3. The van der Waals surface area contributed by atoms with Crippen LogP contribution in [0.1, 0.15) is 22.4 Å². The average Bonchev–Trinajstić information content (AvgIpc) is 3.02. The van der Waals surface area contributed by atoms with Crippen LogP contribution < -0.4 is 0 Å². The molecule has 0 saturated heterocycles. The zero-order valence-corrected chi connectivity index (χ0v) is 13.8. The van der Waals surface area contributed by atoms with E-state index >= 15 is 0 Å². The largest absolute Gasteiger partial charge is 0.277 e. The fourth-order valence-corrected chi connectivity index (χ4v) is 2.92. The lowest BCUT2D eigenvalue weighted by Gasteiger charge is -2.03. The third-order valence-corrected chi connectivity index (χ3v) is 4.11. The first-order valence-corrected chi connectivity index (χ1v) is 8.17. The monoisotopic (exact) mass is 347 g/mol. The summed E-state index contributed by atoms with van der Waals surface area (Å²) in [6.07, 6.45) is 7.80. The Bertz CT molecular complexity index is 1060. The van der Waals surface area contributed by atoms with E-state index in [1.54, 1.807) is 12.4 Å². The third-order valence-electron chi connectivity index (χ3n) is 4.11. The molecular formula is C21H15F2N3. The maximum atomic E-state index is 13.4. The van der Waals surface area contributed by atoms with E-state index in [0.29, 0.717) is 12.0 Å². The van der Waals surface area contributed by atoms with Crippen molar-refractivity contribution in [2.75, 3.05) is 0 Å². The van der Waals surface area contributed by atoms with Gasteiger partial charge in [0.25, 0.3) is 0 Å². The van der Waals surface area contributed by atoms with Crippen molar-refractivity contribution in [3.63, 3.8) is 0 Å². The molecule has 26 heavy (non-hydrogen) atoms. The first-order valence-electron chi connectivity index (χ1n) is 8.17. The van der Waals surface area contributed by atoms with Crippen LogP contribution in [0.2, 0.25) is 0 Å². The van der Waals surface area contributed by atoms with E-state index in [1.165, 1.54) is 12.1 Å². The molecule has 0 spiro atoms. The first-order chi connectivity index (χ1) is 12.7. The Morgan fingerprint density at radius 3 is 2.54 bits per heavy atom. The van der Waals surface area contributed by atoms with Crippen molar-refractivity contribution in [3.05, 3.63) is 94.9 Å². The average molecular weight is 347 g/mol. The molecule has 0 unspecified atom stereocenters. The minimum atomic E-state index is -0.565. The predicted octanol–water partition coefficient (Wildman–Crippen LogP) is 5.00. The van der Waals surface area contributed by atoms with Crippen LogP contribution in [-0.4, -0.2) is 15.2 Å². The van der Waals surface area contributed by atoms with Gasteiger partial charge in [-0.25, -0.2) is 8.78 Å². The summed E-state index contributed by atoms with van der Waals surface area (Å²) in [6.45, 7) is 0. The van der Waals surface area contributed by atoms with E-state index in [0.717, 1.165) is 33.8 Å². The van der Waals surface area contributed by atoms with Crippen molar-refractivity contribution >= 4 is 23.1 Å². The van der Waals surface area contributed by atoms with Crippen molar-refractivity contribution in [2.24, 2.45) is 0 Å². The summed E-state index contributed by atoms with van der Waals surface area (Å²) in [7, 11) is 0. The highest BCUT2D eigenvalue weighted by molar-refractivity contribution is 5.89. The van der Waals surface area contributed by atoms with E-state index < -0.39 is 11.6 Å². The number of hydrogen-bond donors (Lipinski definition) is 1. The minimum Gasteiger partial charge on any atom is -0.277 e. The lowest BCUT2D eigenvalue weighted by atomic mass is 10.0. The molecule has 3 nitrogen and oxygen atoms in total. The van der Waals surface area contributed by atoms with Crippen LogP contribution in [0.3, 0.4) is 0 Å². The molecule has 0 saturated carbocycles. The summed E-state index contributed by atoms with van der Waals surface area (Å²) < 4.78 is 26.8. The van der Waals surface area contributed by atoms with Crippen molar-refractivity contribution in [3.8, 4) is 0 Å². The van der Waals surface area contributed by atoms with E-state index in [-0.39, 0.29) is 0 Å². The van der Waals surface area contributed by atoms with Crippen LogP contribution in [0.5, 0.6) is 0 Å². The lowest BCUT2D eigenvalue weighted by molar-refractivity contribution is 0.580. The van der Waals surface area contributed by atoms with Gasteiger partial charge in [-0.05, 0) is 59.5 Å². The highest BCUT2D eigenvalue weighted by atomic mass is 19.1. The summed E-state index contributed by atoms with van der Waals surface area (Å²) >= 11 is 0. The fourth-order valence-electron chi connectivity index (χ4n) is 2.92. The number of pyridine rings is 1. The number of hydrogen-bond acceptors (Lipinski definition) is 2. The van der Waals surface area contributed by atoms with E-state index in [2.05, 4.69) is 15.2 Å². The molecule has 0 fully saturated rings. The van der Waals surface area contributed by atoms with Gasteiger partial charge in [0.1, 0.15) is 11.6 Å². The van der Waals surface area contributed by atoms with Crippen molar-refractivity contribution in [2.45, 2.75) is 6.42 Å². The molecule has 2 aromatic carbocycles. The van der Waals surface area contributed by atoms with Gasteiger partial charge in [-0.3, -0.25) is 10.1 Å². The molecular weight excluding hydrogens is 332 g/mol. The molecule has 0 radical (unpaired) electrons. The van der Waals surface area contributed by atoms with Crippen LogP contribution in [0.4, 0.5) is 8.78 Å². The Morgan fingerprint density at radius 2 is 1.77 bits per heavy atom. The molecule has 0 bridgehead atoms. The third kappa shape index (κ3) is 3.52. The van der Waals surface area contributed by atoms with Gasteiger partial charge in [0.15, 0.2) is 0 Å². The second-order valence-corrected chi connectivity index (χ2v) is 6.06. The molecule has 2 heterocycles. The molecule has 0 aliphatic heterocycles. The molecule has 5 heteroatoms. The molecule has 1 N–H and O–H groups in total. The number of rotatable bonds is 4. The summed E-state index contributed by atoms with van der Waals surface area (Å²) in [5.74, 6) is -1.13. The van der Waals surface area contributed by atoms with Gasteiger partial charge < -0.3 is 0 Å². The number of nitrogens with one attached hydrogen (secondary N) is 1. The van der Waals surface area contributed by atoms with Gasteiger partial charge in [-0.2, -0.15) is 5.10 Å². The van der Waals surface area contributed by atoms with E-state index in [4.69, 9.17) is 0 Å². The van der Waals surface area contributed by atoms with Crippen LogP contribution in [0.25, 0.3) is 23.1 Å². The lowest BCUT2D eigenvalue weighted by Crippen LogP contribution is -1.91. The highest BCUT2D eigenvalue weighted by Crippen LogP contribution is 2.22. The zero-order valence-electron chi connectivity index (χ0n) is 13.8. The molecule has 128 valence electrons. The number of aromatic nitrogens is 3. The Labute approximate surface area is 149 Å². The van der Waals surface area contributed by atoms with Crippen molar-refractivity contribution in [1.82, 2.24) is 15.2 Å². The van der Waals surface area contributed by atoms with Crippen LogP contribution >= 0.6 is 0 Å². The zero-order chi connectivity index (χ0) is 17.9. The summed E-state index contributed by atoms with van der Waals surface area (Å²) in [5, 5.41) is 8.29. The smallest absolute Gasteiger partial charge is 0.126 e. The molecule has 0 atom stereocenters. The molecule has 0 aliphatic carbocycles. The van der Waals surface area contributed by atoms with Crippen molar-refractivity contribution < 1.29 is 8.78 Å². The van der Waals surface area contributed by atoms with Crippen molar-refractivity contribution in [1.29, 1.82) is 0 Å². The fraction of sp³-hybridized carbons (Fsp3) is 0.0476. The SMILES string of the molecule is Fc1cc(F)cc(Cc2ccc3[nH]nc(C=Cc4cccnc4)c3c2)c1. The normalized spacial score (nSPS) is 11.5. The summed E-state index contributed by atoms with van der Waals surface area (Å²) in [5.41, 5.74) is 4.24. The van der Waals surface area contributed by atoms with Gasteiger partial charge in [-0.1, -0.05) is 18.2 Å². The Hall–Kier alpha value is -3.34. The number of benzene rings is 2. The Balaban J connectivity index is 1.65. The van der Waals surface area contributed by atoms with Gasteiger partial charge in [0.2, 0.25) is 0 Å². The number of H-pyrrole nitrogens is 1. The quantitative estimate of drug-likeness (QED) is 0.565. The molecule has 4 rings (SSSR count). The van der Waals surface area contributed by atoms with Gasteiger partial charge in [-0.15, -0.1) is 0 Å². The number of fused-ring (bicyclic) bond motifs is 1. The maximum absolute atomic E-state index is 13.4. The van der Waals surface area contributed by atoms with E-state index in [9.17, 15) is 8.78 Å². The first kappa shape index (κ1) is 16.1. The standard InChI is InChI=1S/C21H15F2N3/c22-17-9-16(10-18(23)12-17)8-15-4-6-21-19(11-15)20(25-26-21)5-3-14-2-1-7-24-13-14/h1-7,9-13H,8H2,(H,25,26). The van der Waals surface area contributed by atoms with Crippen LogP contribution in [0.15, 0.2) is 60.9 Å². The minimum absolute atomic E-state index is 0.446.